The summed E-state index contributed by atoms with van der Waals surface area (Å²) >= 11 is 5.98. The summed E-state index contributed by atoms with van der Waals surface area (Å²) in [5.74, 6) is 1.00. The zero-order valence-corrected chi connectivity index (χ0v) is 12.4. The normalized spacial score (nSPS) is 11.1. The van der Waals surface area contributed by atoms with Crippen molar-refractivity contribution >= 4 is 39.8 Å². The quantitative estimate of drug-likeness (QED) is 0.556. The van der Waals surface area contributed by atoms with Crippen molar-refractivity contribution in [3.8, 4) is 0 Å². The maximum Gasteiger partial charge on any atom is 0.404 e. The smallest absolute Gasteiger partial charge is 0.404 e. The first-order valence-corrected chi connectivity index (χ1v) is 7.35. The average molecular weight is 320 g/mol. The summed E-state index contributed by atoms with van der Waals surface area (Å²) in [6, 6.07) is 3.73. The van der Waals surface area contributed by atoms with E-state index >= 15 is 0 Å². The Hall–Kier alpha value is -2.41. The molecule has 0 bridgehead atoms. The number of alkyl halides is 1. The molecule has 0 fully saturated rings. The molecule has 0 saturated carbocycles. The maximum atomic E-state index is 10.5. The highest BCUT2D eigenvalue weighted by Gasteiger charge is 2.14. The van der Waals surface area contributed by atoms with Crippen molar-refractivity contribution in [1.29, 1.82) is 0 Å². The zero-order chi connectivity index (χ0) is 15.5. The van der Waals surface area contributed by atoms with E-state index < -0.39 is 6.09 Å². The van der Waals surface area contributed by atoms with Crippen LogP contribution in [0.1, 0.15) is 12.2 Å². The van der Waals surface area contributed by atoms with E-state index in [4.69, 9.17) is 16.7 Å². The number of hydrogen-bond acceptors (Lipinski definition) is 4. The fraction of sp³-hybridized carbons (Fsp3) is 0.286. The lowest BCUT2D eigenvalue weighted by Crippen LogP contribution is -2.23. The van der Waals surface area contributed by atoms with Crippen LogP contribution < -0.4 is 5.32 Å². The molecule has 0 aliphatic carbocycles. The highest BCUT2D eigenvalue weighted by Crippen LogP contribution is 2.24. The number of imidazole rings is 1. The van der Waals surface area contributed by atoms with Crippen molar-refractivity contribution in [1.82, 2.24) is 24.8 Å². The van der Waals surface area contributed by atoms with E-state index in [0.29, 0.717) is 19.5 Å². The van der Waals surface area contributed by atoms with Gasteiger partial charge in [0.05, 0.1) is 23.1 Å². The van der Waals surface area contributed by atoms with Gasteiger partial charge in [-0.1, -0.05) is 0 Å². The number of halogens is 1. The number of aromatic nitrogens is 4. The first kappa shape index (κ1) is 14.5. The number of carboxylic acid groups (broad SMARTS) is 1. The fourth-order valence-corrected chi connectivity index (χ4v) is 2.65. The molecular formula is C14H14ClN5O2. The van der Waals surface area contributed by atoms with E-state index in [9.17, 15) is 4.79 Å². The van der Waals surface area contributed by atoms with Crippen LogP contribution in [0.5, 0.6) is 0 Å². The van der Waals surface area contributed by atoms with Crippen LogP contribution in [0.4, 0.5) is 4.79 Å². The lowest BCUT2D eigenvalue weighted by Gasteiger charge is -2.08. The number of nitrogens with zero attached hydrogens (tertiary/aromatic N) is 4. The molecule has 3 aromatic rings. The molecule has 0 aromatic carbocycles. The molecule has 0 spiro atoms. The topological polar surface area (TPSA) is 92.9 Å². The maximum absolute atomic E-state index is 10.5. The van der Waals surface area contributed by atoms with E-state index in [1.54, 1.807) is 12.4 Å². The molecule has 114 valence electrons. The Morgan fingerprint density at radius 3 is 3.00 bits per heavy atom. The number of carbonyl (C=O) groups is 1. The highest BCUT2D eigenvalue weighted by molar-refractivity contribution is 6.17. The van der Waals surface area contributed by atoms with Gasteiger partial charge >= 0.3 is 6.09 Å². The Morgan fingerprint density at radius 2 is 2.23 bits per heavy atom. The molecule has 0 aliphatic rings. The molecule has 0 atom stereocenters. The van der Waals surface area contributed by atoms with E-state index in [-0.39, 0.29) is 5.88 Å². The summed E-state index contributed by atoms with van der Waals surface area (Å²) in [5, 5.41) is 11.0. The molecule has 3 aromatic heterocycles. The van der Waals surface area contributed by atoms with Crippen LogP contribution in [0.25, 0.3) is 22.1 Å². The summed E-state index contributed by atoms with van der Waals surface area (Å²) < 4.78 is 1.99. The van der Waals surface area contributed by atoms with Gasteiger partial charge < -0.3 is 15.0 Å². The van der Waals surface area contributed by atoms with Crippen molar-refractivity contribution in [3.63, 3.8) is 0 Å². The van der Waals surface area contributed by atoms with Crippen molar-refractivity contribution in [2.45, 2.75) is 18.8 Å². The molecule has 0 aliphatic heterocycles. The molecule has 8 heteroatoms. The monoisotopic (exact) mass is 319 g/mol. The lowest BCUT2D eigenvalue weighted by molar-refractivity contribution is 0.194. The Morgan fingerprint density at radius 1 is 1.36 bits per heavy atom. The number of fused-ring (bicyclic) bond motifs is 3. The van der Waals surface area contributed by atoms with E-state index in [2.05, 4.69) is 20.3 Å². The molecular weight excluding hydrogens is 306 g/mol. The van der Waals surface area contributed by atoms with Gasteiger partial charge in [-0.05, 0) is 18.6 Å². The van der Waals surface area contributed by atoms with Gasteiger partial charge in [0.1, 0.15) is 16.9 Å². The predicted octanol–water partition coefficient (Wildman–Crippen LogP) is 2.38. The minimum atomic E-state index is -1.02. The van der Waals surface area contributed by atoms with E-state index in [1.165, 1.54) is 0 Å². The fourth-order valence-electron chi connectivity index (χ4n) is 2.45. The molecule has 0 radical (unpaired) electrons. The highest BCUT2D eigenvalue weighted by atomic mass is 35.5. The van der Waals surface area contributed by atoms with Crippen molar-refractivity contribution < 1.29 is 9.90 Å². The van der Waals surface area contributed by atoms with Crippen molar-refractivity contribution in [2.24, 2.45) is 0 Å². The average Bonchev–Trinajstić information content (AvgIpc) is 2.89. The van der Waals surface area contributed by atoms with E-state index in [0.717, 1.165) is 27.9 Å². The Bertz CT molecular complexity index is 833. The Labute approximate surface area is 131 Å². The van der Waals surface area contributed by atoms with Gasteiger partial charge in [-0.3, -0.25) is 9.97 Å². The molecule has 0 saturated heterocycles. The first-order valence-electron chi connectivity index (χ1n) is 6.82. The minimum absolute atomic E-state index is 0.273. The summed E-state index contributed by atoms with van der Waals surface area (Å²) in [6.45, 7) is 0.974. The predicted molar refractivity (Wildman–Crippen MR) is 83.0 cm³/mol. The van der Waals surface area contributed by atoms with Gasteiger partial charge in [-0.25, -0.2) is 9.78 Å². The van der Waals surface area contributed by atoms with Crippen molar-refractivity contribution in [2.75, 3.05) is 6.54 Å². The SMILES string of the molecule is O=C(O)NCCCn1c(CCl)nc2cnc3cccnc3c21. The molecule has 3 heterocycles. The Kier molecular flexibility index (Phi) is 4.06. The summed E-state index contributed by atoms with van der Waals surface area (Å²) in [4.78, 5) is 23.7. The zero-order valence-electron chi connectivity index (χ0n) is 11.7. The Balaban J connectivity index is 2.02. The van der Waals surface area contributed by atoms with Gasteiger partial charge in [0, 0.05) is 19.3 Å². The van der Waals surface area contributed by atoms with Crippen LogP contribution in [0.3, 0.4) is 0 Å². The summed E-state index contributed by atoms with van der Waals surface area (Å²) in [5.41, 5.74) is 3.20. The minimum Gasteiger partial charge on any atom is -0.465 e. The number of aryl methyl sites for hydroxylation is 1. The molecule has 0 unspecified atom stereocenters. The van der Waals surface area contributed by atoms with Crippen LogP contribution in [0, 0.1) is 0 Å². The molecule has 7 nitrogen and oxygen atoms in total. The van der Waals surface area contributed by atoms with Crippen LogP contribution in [-0.4, -0.2) is 37.3 Å². The number of pyridine rings is 2. The van der Waals surface area contributed by atoms with E-state index in [1.807, 2.05) is 16.7 Å². The van der Waals surface area contributed by atoms with Crippen LogP contribution in [0.2, 0.25) is 0 Å². The first-order chi connectivity index (χ1) is 10.7. The number of hydrogen-bond donors (Lipinski definition) is 2. The third-order valence-corrected chi connectivity index (χ3v) is 3.60. The standard InChI is InChI=1S/C14H14ClN5O2/c15-7-11-19-10-8-18-9-3-1-4-16-12(9)13(10)20(11)6-2-5-17-14(21)22/h1,3-4,8,17H,2,5-7H2,(H,21,22). The van der Waals surface area contributed by atoms with Crippen LogP contribution in [-0.2, 0) is 12.4 Å². The van der Waals surface area contributed by atoms with Crippen LogP contribution >= 0.6 is 11.6 Å². The lowest BCUT2D eigenvalue weighted by atomic mass is 10.3. The van der Waals surface area contributed by atoms with Gasteiger partial charge in [-0.2, -0.15) is 0 Å². The second kappa shape index (κ2) is 6.15. The third-order valence-electron chi connectivity index (χ3n) is 3.36. The largest absolute Gasteiger partial charge is 0.465 e. The van der Waals surface area contributed by atoms with Crippen LogP contribution in [0.15, 0.2) is 24.5 Å². The summed E-state index contributed by atoms with van der Waals surface area (Å²) in [6.07, 6.45) is 3.04. The number of nitrogens with one attached hydrogen (secondary N) is 1. The molecule has 1 amide bonds. The van der Waals surface area contributed by atoms with Gasteiger partial charge in [0.15, 0.2) is 0 Å². The van der Waals surface area contributed by atoms with Gasteiger partial charge in [0.25, 0.3) is 0 Å². The van der Waals surface area contributed by atoms with Crippen molar-refractivity contribution in [3.05, 3.63) is 30.4 Å². The number of rotatable bonds is 5. The molecule has 3 rings (SSSR count). The van der Waals surface area contributed by atoms with Gasteiger partial charge in [-0.15, -0.1) is 11.6 Å². The second-order valence-electron chi connectivity index (χ2n) is 4.76. The summed E-state index contributed by atoms with van der Waals surface area (Å²) in [7, 11) is 0. The number of amides is 1. The second-order valence-corrected chi connectivity index (χ2v) is 5.03. The molecule has 2 N–H and O–H groups in total. The molecule has 22 heavy (non-hydrogen) atoms. The third kappa shape index (κ3) is 2.67. The van der Waals surface area contributed by atoms with Gasteiger partial charge in [0.2, 0.25) is 0 Å².